The van der Waals surface area contributed by atoms with Crippen molar-refractivity contribution >= 4 is 11.5 Å². The number of halogens is 1. The first-order valence-electron chi connectivity index (χ1n) is 9.12. The molecule has 1 saturated carbocycles. The van der Waals surface area contributed by atoms with Crippen molar-refractivity contribution in [1.82, 2.24) is 4.98 Å². The van der Waals surface area contributed by atoms with Crippen LogP contribution in [0.4, 0.5) is 15.9 Å². The molecule has 2 N–H and O–H groups in total. The number of aromatic nitrogens is 1. The molecule has 1 saturated heterocycles. The highest BCUT2D eigenvalue weighted by molar-refractivity contribution is 5.48. The molecule has 2 aliphatic rings. The molecule has 1 aromatic heterocycles. The van der Waals surface area contributed by atoms with E-state index < -0.39 is 0 Å². The molecule has 25 heavy (non-hydrogen) atoms. The average molecular weight is 341 g/mol. The molecule has 2 atom stereocenters. The van der Waals surface area contributed by atoms with Crippen molar-refractivity contribution in [3.05, 3.63) is 54.0 Å². The number of ether oxygens (including phenoxy) is 1. The second-order valence-corrected chi connectivity index (χ2v) is 6.98. The Hall–Kier alpha value is -2.14. The third-order valence-corrected chi connectivity index (χ3v) is 5.10. The summed E-state index contributed by atoms with van der Waals surface area (Å²) in [6, 6.07) is 11.7. The molecule has 132 valence electrons. The Kier molecular flexibility index (Phi) is 4.83. The van der Waals surface area contributed by atoms with E-state index in [1.807, 2.05) is 18.3 Å². The maximum Gasteiger partial charge on any atom is 0.126 e. The number of pyridine rings is 1. The van der Waals surface area contributed by atoms with Gasteiger partial charge in [-0.15, -0.1) is 0 Å². The summed E-state index contributed by atoms with van der Waals surface area (Å²) in [6.07, 6.45) is 7.38. The normalized spacial score (nSPS) is 23.7. The van der Waals surface area contributed by atoms with Gasteiger partial charge < -0.3 is 15.4 Å². The highest BCUT2D eigenvalue weighted by Gasteiger charge is 2.24. The molecular weight excluding hydrogens is 317 g/mol. The minimum Gasteiger partial charge on any atom is -0.381 e. The summed E-state index contributed by atoms with van der Waals surface area (Å²) in [5.41, 5.74) is 1.92. The van der Waals surface area contributed by atoms with Gasteiger partial charge in [0.05, 0.1) is 18.0 Å². The SMILES string of the molecule is Fc1cccc(C2CC(Nc3ccc(NC4CCC4)nc3)CCO2)c1. The first-order chi connectivity index (χ1) is 12.3. The number of nitrogens with one attached hydrogen (secondary N) is 2. The fourth-order valence-corrected chi connectivity index (χ4v) is 3.43. The monoisotopic (exact) mass is 341 g/mol. The molecule has 2 unspecified atom stereocenters. The molecule has 1 aliphatic carbocycles. The average Bonchev–Trinajstić information content (AvgIpc) is 2.60. The summed E-state index contributed by atoms with van der Waals surface area (Å²) < 4.78 is 19.3. The molecule has 5 heteroatoms. The molecular formula is C20H24FN3O. The number of nitrogens with zero attached hydrogens (tertiary/aromatic N) is 1. The van der Waals surface area contributed by atoms with Gasteiger partial charge >= 0.3 is 0 Å². The van der Waals surface area contributed by atoms with Gasteiger partial charge in [0.15, 0.2) is 0 Å². The number of hydrogen-bond donors (Lipinski definition) is 2. The van der Waals surface area contributed by atoms with Gasteiger partial charge in [-0.3, -0.25) is 0 Å². The summed E-state index contributed by atoms with van der Waals surface area (Å²) in [7, 11) is 0. The molecule has 2 heterocycles. The summed E-state index contributed by atoms with van der Waals surface area (Å²) in [6.45, 7) is 0.674. The third kappa shape index (κ3) is 4.10. The standard InChI is InChI=1S/C20H24FN3O/c21-15-4-1-3-14(11-15)19-12-17(9-10-25-19)23-18-7-8-20(22-13-18)24-16-5-2-6-16/h1,3-4,7-8,11,13,16-17,19,23H,2,5-6,9-10,12H2,(H,22,24). The first-order valence-corrected chi connectivity index (χ1v) is 9.12. The Morgan fingerprint density at radius 1 is 1.04 bits per heavy atom. The van der Waals surface area contributed by atoms with Crippen LogP contribution in [0, 0.1) is 5.82 Å². The van der Waals surface area contributed by atoms with Crippen LogP contribution in [-0.2, 0) is 4.74 Å². The van der Waals surface area contributed by atoms with E-state index in [0.717, 1.165) is 29.9 Å². The fourth-order valence-electron chi connectivity index (χ4n) is 3.43. The van der Waals surface area contributed by atoms with Crippen molar-refractivity contribution in [1.29, 1.82) is 0 Å². The van der Waals surface area contributed by atoms with Crippen molar-refractivity contribution in [2.45, 2.75) is 50.3 Å². The van der Waals surface area contributed by atoms with E-state index in [2.05, 4.69) is 21.7 Å². The predicted molar refractivity (Wildman–Crippen MR) is 97.2 cm³/mol. The van der Waals surface area contributed by atoms with Crippen LogP contribution >= 0.6 is 0 Å². The number of rotatable bonds is 5. The lowest BCUT2D eigenvalue weighted by molar-refractivity contribution is 0.00962. The molecule has 4 rings (SSSR count). The van der Waals surface area contributed by atoms with E-state index in [0.29, 0.717) is 18.7 Å². The quantitative estimate of drug-likeness (QED) is 0.839. The smallest absolute Gasteiger partial charge is 0.126 e. The van der Waals surface area contributed by atoms with Crippen molar-refractivity contribution < 1.29 is 9.13 Å². The summed E-state index contributed by atoms with van der Waals surface area (Å²) in [5, 5.41) is 6.99. The Morgan fingerprint density at radius 2 is 1.96 bits per heavy atom. The van der Waals surface area contributed by atoms with Gasteiger partial charge in [-0.1, -0.05) is 12.1 Å². The number of benzene rings is 1. The van der Waals surface area contributed by atoms with Gasteiger partial charge in [-0.2, -0.15) is 0 Å². The van der Waals surface area contributed by atoms with Crippen LogP contribution in [0.5, 0.6) is 0 Å². The Balaban J connectivity index is 1.35. The molecule has 0 radical (unpaired) electrons. The molecule has 1 aliphatic heterocycles. The molecule has 4 nitrogen and oxygen atoms in total. The largest absolute Gasteiger partial charge is 0.381 e. The van der Waals surface area contributed by atoms with Crippen LogP contribution in [0.1, 0.15) is 43.8 Å². The lowest BCUT2D eigenvalue weighted by Crippen LogP contribution is -2.30. The van der Waals surface area contributed by atoms with Crippen LogP contribution in [-0.4, -0.2) is 23.7 Å². The van der Waals surface area contributed by atoms with Gasteiger partial charge in [0.25, 0.3) is 0 Å². The maximum absolute atomic E-state index is 13.4. The molecule has 1 aromatic carbocycles. The molecule has 0 amide bonds. The summed E-state index contributed by atoms with van der Waals surface area (Å²) in [5.74, 6) is 0.731. The van der Waals surface area contributed by atoms with Crippen LogP contribution < -0.4 is 10.6 Å². The molecule has 0 spiro atoms. The Bertz CT molecular complexity index is 702. The number of anilines is 2. The van der Waals surface area contributed by atoms with E-state index >= 15 is 0 Å². The molecule has 2 aromatic rings. The van der Waals surface area contributed by atoms with Crippen molar-refractivity contribution in [3.8, 4) is 0 Å². The highest BCUT2D eigenvalue weighted by Crippen LogP contribution is 2.30. The van der Waals surface area contributed by atoms with E-state index in [1.165, 1.54) is 25.3 Å². The highest BCUT2D eigenvalue weighted by atomic mass is 19.1. The zero-order chi connectivity index (χ0) is 17.1. The molecule has 0 bridgehead atoms. The first kappa shape index (κ1) is 16.3. The van der Waals surface area contributed by atoms with E-state index in [4.69, 9.17) is 4.74 Å². The van der Waals surface area contributed by atoms with Crippen molar-refractivity contribution in [2.75, 3.05) is 17.2 Å². The number of hydrogen-bond acceptors (Lipinski definition) is 4. The zero-order valence-electron chi connectivity index (χ0n) is 14.2. The summed E-state index contributed by atoms with van der Waals surface area (Å²) in [4.78, 5) is 4.50. The van der Waals surface area contributed by atoms with E-state index in [9.17, 15) is 4.39 Å². The molecule has 2 fully saturated rings. The van der Waals surface area contributed by atoms with Crippen molar-refractivity contribution in [2.24, 2.45) is 0 Å². The lowest BCUT2D eigenvalue weighted by Gasteiger charge is -2.31. The minimum absolute atomic E-state index is 0.0607. The zero-order valence-corrected chi connectivity index (χ0v) is 14.2. The third-order valence-electron chi connectivity index (χ3n) is 5.10. The van der Waals surface area contributed by atoms with Gasteiger partial charge in [-0.05, 0) is 61.9 Å². The second kappa shape index (κ2) is 7.40. The summed E-state index contributed by atoms with van der Waals surface area (Å²) >= 11 is 0. The van der Waals surface area contributed by atoms with Crippen LogP contribution in [0.25, 0.3) is 0 Å². The van der Waals surface area contributed by atoms with Gasteiger partial charge in [0.1, 0.15) is 11.6 Å². The van der Waals surface area contributed by atoms with E-state index in [-0.39, 0.29) is 11.9 Å². The van der Waals surface area contributed by atoms with Gasteiger partial charge in [0, 0.05) is 18.7 Å². The van der Waals surface area contributed by atoms with Gasteiger partial charge in [-0.25, -0.2) is 9.37 Å². The maximum atomic E-state index is 13.4. The fraction of sp³-hybridized carbons (Fsp3) is 0.450. The van der Waals surface area contributed by atoms with Crippen molar-refractivity contribution in [3.63, 3.8) is 0 Å². The van der Waals surface area contributed by atoms with Crippen LogP contribution in [0.2, 0.25) is 0 Å². The van der Waals surface area contributed by atoms with Crippen LogP contribution in [0.15, 0.2) is 42.6 Å². The van der Waals surface area contributed by atoms with Crippen LogP contribution in [0.3, 0.4) is 0 Å². The van der Waals surface area contributed by atoms with E-state index in [1.54, 1.807) is 12.1 Å². The lowest BCUT2D eigenvalue weighted by atomic mass is 9.93. The Morgan fingerprint density at radius 3 is 2.68 bits per heavy atom. The minimum atomic E-state index is -0.213. The topological polar surface area (TPSA) is 46.2 Å². The Labute approximate surface area is 147 Å². The second-order valence-electron chi connectivity index (χ2n) is 6.98. The predicted octanol–water partition coefficient (Wildman–Crippen LogP) is 4.52. The van der Waals surface area contributed by atoms with Gasteiger partial charge in [0.2, 0.25) is 0 Å².